The molecule has 3 atom stereocenters. The maximum Gasteiger partial charge on any atom is 0.463 e. The summed E-state index contributed by atoms with van der Waals surface area (Å²) in [5, 5.41) is 10.7. The minimum absolute atomic E-state index is 0.0272. The van der Waals surface area contributed by atoms with Gasteiger partial charge in [0.1, 0.15) is 47.2 Å². The van der Waals surface area contributed by atoms with Gasteiger partial charge in [-0.2, -0.15) is 0 Å². The predicted octanol–water partition coefficient (Wildman–Crippen LogP) is 3.48. The van der Waals surface area contributed by atoms with Gasteiger partial charge in [-0.15, -0.1) is 0 Å². The monoisotopic (exact) mass is 527 g/mol. The van der Waals surface area contributed by atoms with E-state index in [0.29, 0.717) is 40.6 Å². The van der Waals surface area contributed by atoms with E-state index in [-0.39, 0.29) is 12.4 Å². The van der Waals surface area contributed by atoms with Crippen molar-refractivity contribution in [3.05, 3.63) is 61.2 Å². The molecule has 0 aliphatic carbocycles. The van der Waals surface area contributed by atoms with Gasteiger partial charge in [-0.1, -0.05) is 0 Å². The van der Waals surface area contributed by atoms with E-state index < -0.39 is 27.0 Å². The number of aliphatic hydroxyl groups is 1. The Labute approximate surface area is 213 Å². The third kappa shape index (κ3) is 5.67. The maximum atomic E-state index is 10.7. The molecule has 1 saturated heterocycles. The van der Waals surface area contributed by atoms with Crippen LogP contribution < -0.4 is 24.3 Å². The van der Waals surface area contributed by atoms with E-state index in [1.165, 1.54) is 6.33 Å². The van der Waals surface area contributed by atoms with Crippen LogP contribution in [0.2, 0.25) is 0 Å². The summed E-state index contributed by atoms with van der Waals surface area (Å²) < 4.78 is 36.2. The molecule has 3 heterocycles. The molecule has 13 heteroatoms. The smallest absolute Gasteiger partial charge is 0.463 e. The third-order valence-electron chi connectivity index (χ3n) is 5.72. The molecule has 0 radical (unpaired) electrons. The van der Waals surface area contributed by atoms with Gasteiger partial charge in [0.2, 0.25) is 0 Å². The topological polar surface area (TPSA) is 145 Å². The van der Waals surface area contributed by atoms with E-state index in [0.717, 1.165) is 0 Å². The van der Waals surface area contributed by atoms with Crippen LogP contribution in [0, 0.1) is 0 Å². The first kappa shape index (κ1) is 25.0. The first-order valence-corrected chi connectivity index (χ1v) is 12.5. The Morgan fingerprint density at radius 2 is 1.54 bits per heavy atom. The maximum absolute atomic E-state index is 10.7. The summed E-state index contributed by atoms with van der Waals surface area (Å²) >= 11 is 0. The second-order valence-corrected chi connectivity index (χ2v) is 9.14. The van der Waals surface area contributed by atoms with Crippen molar-refractivity contribution in [2.45, 2.75) is 24.9 Å². The van der Waals surface area contributed by atoms with E-state index in [9.17, 15) is 5.11 Å². The second-order valence-electron chi connectivity index (χ2n) is 8.07. The molecule has 1 aliphatic rings. The van der Waals surface area contributed by atoms with Crippen LogP contribution in [0.1, 0.15) is 12.6 Å². The SMILES string of the molecule is COc1ccc(OP(OCC2OC(n3cnc4c(N)ncnc43)CC2O)Oc2ccc(OC)cc2)cc1. The molecule has 0 saturated carbocycles. The molecule has 3 unspecified atom stereocenters. The highest BCUT2D eigenvalue weighted by atomic mass is 31.2. The number of anilines is 1. The van der Waals surface area contributed by atoms with Gasteiger partial charge in [-0.05, 0) is 48.5 Å². The van der Waals surface area contributed by atoms with Gasteiger partial charge in [0.15, 0.2) is 11.5 Å². The number of methoxy groups -OCH3 is 2. The number of nitrogens with zero attached hydrogens (tertiary/aromatic N) is 4. The molecule has 3 N–H and O–H groups in total. The van der Waals surface area contributed by atoms with Crippen molar-refractivity contribution in [1.29, 1.82) is 0 Å². The van der Waals surface area contributed by atoms with Crippen molar-refractivity contribution >= 4 is 25.6 Å². The Bertz CT molecular complexity index is 1270. The molecule has 4 aromatic rings. The molecule has 5 rings (SSSR count). The molecule has 0 spiro atoms. The van der Waals surface area contributed by atoms with E-state index in [1.807, 2.05) is 0 Å². The normalized spacial score (nSPS) is 19.3. The van der Waals surface area contributed by atoms with Gasteiger partial charge in [-0.3, -0.25) is 9.09 Å². The van der Waals surface area contributed by atoms with Crippen molar-refractivity contribution in [2.75, 3.05) is 26.6 Å². The molecular formula is C24H26N5O7P. The highest BCUT2D eigenvalue weighted by Gasteiger charge is 2.37. The number of benzene rings is 2. The number of hydrogen-bond acceptors (Lipinski definition) is 11. The Hall–Kier alpha value is -3.70. The van der Waals surface area contributed by atoms with Gasteiger partial charge in [-0.25, -0.2) is 15.0 Å². The van der Waals surface area contributed by atoms with Crippen LogP contribution in [0.4, 0.5) is 5.82 Å². The summed E-state index contributed by atoms with van der Waals surface area (Å²) in [5.41, 5.74) is 6.89. The van der Waals surface area contributed by atoms with Crippen molar-refractivity contribution < 1.29 is 32.9 Å². The highest BCUT2D eigenvalue weighted by molar-refractivity contribution is 7.42. The minimum Gasteiger partial charge on any atom is -0.497 e. The van der Waals surface area contributed by atoms with Crippen LogP contribution in [-0.2, 0) is 9.26 Å². The van der Waals surface area contributed by atoms with Crippen LogP contribution >= 0.6 is 8.60 Å². The quantitative estimate of drug-likeness (QED) is 0.292. The van der Waals surface area contributed by atoms with Crippen molar-refractivity contribution in [2.24, 2.45) is 0 Å². The lowest BCUT2D eigenvalue weighted by molar-refractivity contribution is -0.0392. The fourth-order valence-corrected chi connectivity index (χ4v) is 4.77. The number of aliphatic hydroxyl groups excluding tert-OH is 1. The van der Waals surface area contributed by atoms with E-state index in [4.69, 9.17) is 33.5 Å². The van der Waals surface area contributed by atoms with Crippen molar-refractivity contribution in [3.8, 4) is 23.0 Å². The van der Waals surface area contributed by atoms with Crippen LogP contribution in [0.5, 0.6) is 23.0 Å². The number of imidazole rings is 1. The number of ether oxygens (including phenoxy) is 3. The first-order chi connectivity index (χ1) is 18.0. The third-order valence-corrected chi connectivity index (χ3v) is 6.80. The number of nitrogen functional groups attached to an aromatic ring is 1. The van der Waals surface area contributed by atoms with Crippen molar-refractivity contribution in [1.82, 2.24) is 19.5 Å². The van der Waals surface area contributed by atoms with Gasteiger partial charge >= 0.3 is 8.60 Å². The molecule has 2 aromatic carbocycles. The molecule has 194 valence electrons. The number of nitrogens with two attached hydrogens (primary N) is 1. The summed E-state index contributed by atoms with van der Waals surface area (Å²) in [7, 11) is 1.28. The Morgan fingerprint density at radius 1 is 0.946 bits per heavy atom. The summed E-state index contributed by atoms with van der Waals surface area (Å²) in [6.45, 7) is 0.0272. The lowest BCUT2D eigenvalue weighted by atomic mass is 10.2. The first-order valence-electron chi connectivity index (χ1n) is 11.4. The van der Waals surface area contributed by atoms with Gasteiger partial charge < -0.3 is 34.1 Å². The molecule has 12 nitrogen and oxygen atoms in total. The molecule has 0 amide bonds. The van der Waals surface area contributed by atoms with E-state index in [1.54, 1.807) is 73.6 Å². The van der Waals surface area contributed by atoms with Gasteiger partial charge in [0.05, 0.1) is 33.3 Å². The number of hydrogen-bond donors (Lipinski definition) is 2. The van der Waals surface area contributed by atoms with Gasteiger partial charge in [0.25, 0.3) is 0 Å². The average Bonchev–Trinajstić information content (AvgIpc) is 3.52. The molecule has 0 bridgehead atoms. The Balaban J connectivity index is 1.27. The zero-order valence-corrected chi connectivity index (χ0v) is 21.0. The van der Waals surface area contributed by atoms with E-state index >= 15 is 0 Å². The standard InChI is InChI=1S/C24H26N5O7P/c1-31-15-3-7-17(8-4-15)35-37(36-18-9-5-16(32-2)6-10-18)33-12-20-19(30)11-21(34-20)29-14-28-22-23(25)26-13-27-24(22)29/h3-10,13-14,19-21,30H,11-12H2,1-2H3,(H2,25,26,27). The largest absolute Gasteiger partial charge is 0.497 e. The fraction of sp³-hybridized carbons (Fsp3) is 0.292. The van der Waals surface area contributed by atoms with Crippen LogP contribution in [0.15, 0.2) is 61.2 Å². The lowest BCUT2D eigenvalue weighted by Gasteiger charge is -2.21. The summed E-state index contributed by atoms with van der Waals surface area (Å²) in [6, 6.07) is 14.1. The Kier molecular flexibility index (Phi) is 7.52. The highest BCUT2D eigenvalue weighted by Crippen LogP contribution is 2.43. The molecule has 1 fully saturated rings. The van der Waals surface area contributed by atoms with Crippen molar-refractivity contribution in [3.63, 3.8) is 0 Å². The number of fused-ring (bicyclic) bond motifs is 1. The number of aromatic nitrogens is 4. The Morgan fingerprint density at radius 3 is 2.14 bits per heavy atom. The molecule has 37 heavy (non-hydrogen) atoms. The zero-order chi connectivity index (χ0) is 25.8. The summed E-state index contributed by atoms with van der Waals surface area (Å²) in [5.74, 6) is 2.74. The van der Waals surface area contributed by atoms with Crippen LogP contribution in [0.25, 0.3) is 11.2 Å². The minimum atomic E-state index is -1.90. The van der Waals surface area contributed by atoms with E-state index in [2.05, 4.69) is 15.0 Å². The summed E-state index contributed by atoms with van der Waals surface area (Å²) in [4.78, 5) is 12.5. The number of rotatable bonds is 10. The second kappa shape index (κ2) is 11.1. The molecule has 2 aromatic heterocycles. The summed E-state index contributed by atoms with van der Waals surface area (Å²) in [6.07, 6.45) is 1.33. The lowest BCUT2D eigenvalue weighted by Crippen LogP contribution is -2.26. The molecular weight excluding hydrogens is 501 g/mol. The predicted molar refractivity (Wildman–Crippen MR) is 134 cm³/mol. The van der Waals surface area contributed by atoms with Crippen LogP contribution in [-0.4, -0.2) is 57.7 Å². The van der Waals surface area contributed by atoms with Gasteiger partial charge in [0, 0.05) is 6.42 Å². The average molecular weight is 527 g/mol. The zero-order valence-electron chi connectivity index (χ0n) is 20.1. The van der Waals surface area contributed by atoms with Crippen LogP contribution in [0.3, 0.4) is 0 Å². The molecule has 1 aliphatic heterocycles. The fourth-order valence-electron chi connectivity index (χ4n) is 3.77.